The molecule has 0 aliphatic heterocycles. The number of fused-ring (bicyclic) bond motifs is 1. The molecule has 3 rings (SSSR count). The smallest absolute Gasteiger partial charge is 0.344 e. The SMILES string of the molecule is COc1ccc(OCC(=O)OCC(=O)Nc2sc3c(c2C#N)CCCC3)cc1. The van der Waals surface area contributed by atoms with Gasteiger partial charge in [-0.05, 0) is 55.5 Å². The molecule has 1 aromatic carbocycles. The zero-order chi connectivity index (χ0) is 19.9. The van der Waals surface area contributed by atoms with Crippen LogP contribution in [0.25, 0.3) is 0 Å². The molecule has 1 aliphatic carbocycles. The minimum Gasteiger partial charge on any atom is -0.497 e. The number of nitriles is 1. The first-order valence-corrected chi connectivity index (χ1v) is 9.69. The van der Waals surface area contributed by atoms with Crippen LogP contribution >= 0.6 is 11.3 Å². The summed E-state index contributed by atoms with van der Waals surface area (Å²) in [5, 5.41) is 12.6. The van der Waals surface area contributed by atoms with Crippen molar-refractivity contribution in [1.82, 2.24) is 0 Å². The number of rotatable bonds is 7. The number of ether oxygens (including phenoxy) is 3. The Bertz CT molecular complexity index is 899. The fraction of sp³-hybridized carbons (Fsp3) is 0.350. The highest BCUT2D eigenvalue weighted by Gasteiger charge is 2.22. The zero-order valence-electron chi connectivity index (χ0n) is 15.4. The second kappa shape index (κ2) is 9.24. The van der Waals surface area contributed by atoms with Crippen molar-refractivity contribution in [2.24, 2.45) is 0 Å². The Morgan fingerprint density at radius 1 is 1.14 bits per heavy atom. The molecular formula is C20H20N2O5S. The van der Waals surface area contributed by atoms with E-state index in [9.17, 15) is 14.9 Å². The molecule has 1 amide bonds. The van der Waals surface area contributed by atoms with Crippen LogP contribution in [0.1, 0.15) is 28.8 Å². The van der Waals surface area contributed by atoms with Gasteiger partial charge in [-0.2, -0.15) is 5.26 Å². The Morgan fingerprint density at radius 2 is 1.86 bits per heavy atom. The van der Waals surface area contributed by atoms with Crippen molar-refractivity contribution in [3.8, 4) is 17.6 Å². The third-order valence-corrected chi connectivity index (χ3v) is 5.52. The van der Waals surface area contributed by atoms with Crippen LogP contribution in [-0.4, -0.2) is 32.2 Å². The molecule has 0 bridgehead atoms. The van der Waals surface area contributed by atoms with Gasteiger partial charge in [-0.15, -0.1) is 11.3 Å². The number of aryl methyl sites for hydroxylation is 1. The number of hydrogen-bond acceptors (Lipinski definition) is 7. The van der Waals surface area contributed by atoms with Crippen LogP contribution in [-0.2, 0) is 27.2 Å². The number of thiophene rings is 1. The number of hydrogen-bond donors (Lipinski definition) is 1. The Morgan fingerprint density at radius 3 is 2.57 bits per heavy atom. The molecule has 0 fully saturated rings. The van der Waals surface area contributed by atoms with E-state index in [4.69, 9.17) is 14.2 Å². The average molecular weight is 400 g/mol. The minimum absolute atomic E-state index is 0.309. The first kappa shape index (κ1) is 19.7. The molecule has 0 atom stereocenters. The van der Waals surface area contributed by atoms with Gasteiger partial charge in [0.15, 0.2) is 13.2 Å². The van der Waals surface area contributed by atoms with E-state index in [0.717, 1.165) is 36.1 Å². The van der Waals surface area contributed by atoms with Gasteiger partial charge >= 0.3 is 5.97 Å². The van der Waals surface area contributed by atoms with Gasteiger partial charge in [0, 0.05) is 4.88 Å². The van der Waals surface area contributed by atoms with Gasteiger partial charge in [-0.3, -0.25) is 4.79 Å². The molecule has 2 aromatic rings. The number of amides is 1. The van der Waals surface area contributed by atoms with Crippen LogP contribution in [0.3, 0.4) is 0 Å². The van der Waals surface area contributed by atoms with E-state index in [-0.39, 0.29) is 6.61 Å². The predicted molar refractivity (Wildman–Crippen MR) is 104 cm³/mol. The largest absolute Gasteiger partial charge is 0.497 e. The highest BCUT2D eigenvalue weighted by Crippen LogP contribution is 2.37. The van der Waals surface area contributed by atoms with E-state index in [0.29, 0.717) is 22.1 Å². The summed E-state index contributed by atoms with van der Waals surface area (Å²) in [5.41, 5.74) is 1.57. The number of anilines is 1. The molecule has 0 saturated carbocycles. The maximum Gasteiger partial charge on any atom is 0.344 e. The summed E-state index contributed by atoms with van der Waals surface area (Å²) in [6, 6.07) is 8.93. The predicted octanol–water partition coefficient (Wildman–Crippen LogP) is 3.07. The summed E-state index contributed by atoms with van der Waals surface area (Å²) >= 11 is 1.43. The maximum absolute atomic E-state index is 12.1. The lowest BCUT2D eigenvalue weighted by Crippen LogP contribution is -2.23. The molecule has 1 aliphatic rings. The monoisotopic (exact) mass is 400 g/mol. The molecule has 146 valence electrons. The Balaban J connectivity index is 1.47. The van der Waals surface area contributed by atoms with Crippen LogP contribution in [0, 0.1) is 11.3 Å². The van der Waals surface area contributed by atoms with E-state index in [2.05, 4.69) is 11.4 Å². The molecule has 8 heteroatoms. The zero-order valence-corrected chi connectivity index (χ0v) is 16.3. The van der Waals surface area contributed by atoms with Gasteiger partial charge in [-0.25, -0.2) is 4.79 Å². The summed E-state index contributed by atoms with van der Waals surface area (Å²) in [7, 11) is 1.56. The number of nitrogens with one attached hydrogen (secondary N) is 1. The summed E-state index contributed by atoms with van der Waals surface area (Å²) in [4.78, 5) is 25.0. The van der Waals surface area contributed by atoms with Gasteiger partial charge < -0.3 is 19.5 Å². The van der Waals surface area contributed by atoms with Crippen molar-refractivity contribution < 1.29 is 23.8 Å². The van der Waals surface area contributed by atoms with Crippen LogP contribution in [0.5, 0.6) is 11.5 Å². The molecule has 1 N–H and O–H groups in total. The summed E-state index contributed by atoms with van der Waals surface area (Å²) < 4.78 is 15.3. The lowest BCUT2D eigenvalue weighted by molar-refractivity contribution is -0.149. The standard InChI is InChI=1S/C20H20N2O5S/c1-25-13-6-8-14(9-7-13)26-12-19(24)27-11-18(23)22-20-16(10-21)15-4-2-3-5-17(15)28-20/h6-9H,2-5,11-12H2,1H3,(H,22,23). The number of methoxy groups -OCH3 is 1. The number of nitrogens with zero attached hydrogens (tertiary/aromatic N) is 1. The fourth-order valence-corrected chi connectivity index (χ4v) is 4.19. The summed E-state index contributed by atoms with van der Waals surface area (Å²) in [5.74, 6) is 0.0356. The Hall–Kier alpha value is -3.05. The lowest BCUT2D eigenvalue weighted by Gasteiger charge is -2.09. The number of carbonyl (C=O) groups is 2. The van der Waals surface area contributed by atoms with E-state index in [1.165, 1.54) is 11.3 Å². The van der Waals surface area contributed by atoms with Crippen molar-refractivity contribution in [1.29, 1.82) is 5.26 Å². The first-order chi connectivity index (χ1) is 13.6. The summed E-state index contributed by atoms with van der Waals surface area (Å²) in [6.07, 6.45) is 3.94. The Kier molecular flexibility index (Phi) is 6.50. The third-order valence-electron chi connectivity index (χ3n) is 4.32. The molecule has 28 heavy (non-hydrogen) atoms. The highest BCUT2D eigenvalue weighted by molar-refractivity contribution is 7.16. The van der Waals surface area contributed by atoms with Crippen LogP contribution < -0.4 is 14.8 Å². The molecule has 1 heterocycles. The van der Waals surface area contributed by atoms with Crippen LogP contribution in [0.15, 0.2) is 24.3 Å². The summed E-state index contributed by atoms with van der Waals surface area (Å²) in [6.45, 7) is -0.741. The van der Waals surface area contributed by atoms with Crippen LogP contribution in [0.2, 0.25) is 0 Å². The van der Waals surface area contributed by atoms with Gasteiger partial charge in [-0.1, -0.05) is 0 Å². The second-order valence-corrected chi connectivity index (χ2v) is 7.31. The molecule has 0 spiro atoms. The number of carbonyl (C=O) groups excluding carboxylic acids is 2. The normalized spacial score (nSPS) is 12.4. The van der Waals surface area contributed by atoms with Gasteiger partial charge in [0.05, 0.1) is 12.7 Å². The average Bonchev–Trinajstić information content (AvgIpc) is 3.07. The molecule has 0 unspecified atom stereocenters. The molecule has 7 nitrogen and oxygen atoms in total. The van der Waals surface area contributed by atoms with Crippen molar-refractivity contribution in [2.75, 3.05) is 25.6 Å². The number of benzene rings is 1. The highest BCUT2D eigenvalue weighted by atomic mass is 32.1. The van der Waals surface area contributed by atoms with Gasteiger partial charge in [0.25, 0.3) is 5.91 Å². The molecular weight excluding hydrogens is 380 g/mol. The van der Waals surface area contributed by atoms with Crippen molar-refractivity contribution >= 4 is 28.2 Å². The van der Waals surface area contributed by atoms with E-state index in [1.54, 1.807) is 31.4 Å². The van der Waals surface area contributed by atoms with Crippen molar-refractivity contribution in [2.45, 2.75) is 25.7 Å². The van der Waals surface area contributed by atoms with E-state index >= 15 is 0 Å². The molecule has 1 aromatic heterocycles. The fourth-order valence-electron chi connectivity index (χ4n) is 2.94. The Labute approximate surface area is 166 Å². The first-order valence-electron chi connectivity index (χ1n) is 8.87. The maximum atomic E-state index is 12.1. The molecule has 0 saturated heterocycles. The van der Waals surface area contributed by atoms with Gasteiger partial charge in [0.1, 0.15) is 22.6 Å². The quantitative estimate of drug-likeness (QED) is 0.718. The third kappa shape index (κ3) is 4.81. The lowest BCUT2D eigenvalue weighted by atomic mass is 9.96. The molecule has 0 radical (unpaired) electrons. The van der Waals surface area contributed by atoms with Crippen molar-refractivity contribution in [3.05, 3.63) is 40.3 Å². The van der Waals surface area contributed by atoms with Crippen molar-refractivity contribution in [3.63, 3.8) is 0 Å². The number of esters is 1. The minimum atomic E-state index is -0.656. The topological polar surface area (TPSA) is 97.7 Å². The van der Waals surface area contributed by atoms with E-state index in [1.807, 2.05) is 0 Å². The van der Waals surface area contributed by atoms with Crippen LogP contribution in [0.4, 0.5) is 5.00 Å². The van der Waals surface area contributed by atoms with Gasteiger partial charge in [0.2, 0.25) is 0 Å². The van der Waals surface area contributed by atoms with E-state index < -0.39 is 18.5 Å². The second-order valence-electron chi connectivity index (χ2n) is 6.20.